The van der Waals surface area contributed by atoms with Gasteiger partial charge in [0.15, 0.2) is 0 Å². The largest absolute Gasteiger partial charge is 0.481 e. The monoisotopic (exact) mass is 270 g/mol. The van der Waals surface area contributed by atoms with E-state index in [0.29, 0.717) is 24.3 Å². The molecule has 1 fully saturated rings. The highest BCUT2D eigenvalue weighted by atomic mass is 35.5. The highest BCUT2D eigenvalue weighted by Gasteiger charge is 2.54. The lowest BCUT2D eigenvalue weighted by Crippen LogP contribution is -2.16. The second-order valence-corrected chi connectivity index (χ2v) is 5.10. The van der Waals surface area contributed by atoms with Crippen LogP contribution in [0.5, 0.6) is 0 Å². The number of hydrogen-bond donors (Lipinski definition) is 1. The maximum absolute atomic E-state index is 11.1. The zero-order chi connectivity index (χ0) is 12.5. The third-order valence-corrected chi connectivity index (χ3v) is 4.03. The normalized spacial score (nSPS) is 18.5. The first-order valence-electron chi connectivity index (χ1n) is 5.38. The molecule has 2 nitrogen and oxygen atoms in total. The van der Waals surface area contributed by atoms with Crippen LogP contribution in [0.4, 0.5) is 0 Å². The minimum atomic E-state index is -0.909. The van der Waals surface area contributed by atoms with Crippen LogP contribution in [0.3, 0.4) is 0 Å². The van der Waals surface area contributed by atoms with Gasteiger partial charge in [-0.25, -0.2) is 0 Å². The summed E-state index contributed by atoms with van der Waals surface area (Å²) in [5.41, 5.74) is 0.116. The van der Waals surface area contributed by atoms with Gasteiger partial charge in [0, 0.05) is 11.5 Å². The predicted octanol–water partition coefficient (Wildman–Crippen LogP) is 3.78. The summed E-state index contributed by atoms with van der Waals surface area (Å²) in [6, 6.07) is 9.62. The van der Waals surface area contributed by atoms with Gasteiger partial charge in [-0.15, -0.1) is 0 Å². The van der Waals surface area contributed by atoms with Gasteiger partial charge >= 0.3 is 5.97 Å². The van der Waals surface area contributed by atoms with Gasteiger partial charge < -0.3 is 5.11 Å². The molecule has 0 heterocycles. The number of benzene rings is 1. The van der Waals surface area contributed by atoms with E-state index in [-0.39, 0.29) is 5.03 Å². The van der Waals surface area contributed by atoms with Crippen molar-refractivity contribution in [2.45, 2.75) is 19.3 Å². The fourth-order valence-corrected chi connectivity index (χ4v) is 2.44. The average molecular weight is 271 g/mol. The molecule has 1 aliphatic carbocycles. The van der Waals surface area contributed by atoms with E-state index in [1.54, 1.807) is 0 Å². The van der Waals surface area contributed by atoms with Crippen LogP contribution in [0, 0.1) is 5.41 Å². The van der Waals surface area contributed by atoms with Crippen molar-refractivity contribution in [3.63, 3.8) is 0 Å². The van der Waals surface area contributed by atoms with Crippen molar-refractivity contribution in [3.05, 3.63) is 46.0 Å². The van der Waals surface area contributed by atoms with Crippen LogP contribution >= 0.6 is 23.2 Å². The maximum Gasteiger partial charge on any atom is 0.315 e. The second kappa shape index (κ2) is 4.71. The van der Waals surface area contributed by atoms with Gasteiger partial charge in [-0.1, -0.05) is 53.5 Å². The Morgan fingerprint density at radius 1 is 1.24 bits per heavy atom. The molecule has 1 aromatic carbocycles. The smallest absolute Gasteiger partial charge is 0.315 e. The van der Waals surface area contributed by atoms with Crippen LogP contribution in [0.1, 0.15) is 18.4 Å². The second-order valence-electron chi connectivity index (χ2n) is 4.27. The van der Waals surface area contributed by atoms with Crippen LogP contribution in [-0.4, -0.2) is 11.1 Å². The zero-order valence-corrected chi connectivity index (χ0v) is 10.6. The van der Waals surface area contributed by atoms with Crippen LogP contribution in [0.25, 0.3) is 0 Å². The van der Waals surface area contributed by atoms with E-state index in [1.165, 1.54) is 0 Å². The Morgan fingerprint density at radius 3 is 2.29 bits per heavy atom. The summed E-state index contributed by atoms with van der Waals surface area (Å²) in [4.78, 5) is 11.1. The number of carbonyl (C=O) groups is 1. The van der Waals surface area contributed by atoms with Crippen LogP contribution < -0.4 is 0 Å². The molecule has 1 aromatic rings. The quantitative estimate of drug-likeness (QED) is 0.904. The van der Waals surface area contributed by atoms with Gasteiger partial charge in [-0.3, -0.25) is 4.79 Å². The molecular formula is C13H12Cl2O2. The number of hydrogen-bond acceptors (Lipinski definition) is 1. The van der Waals surface area contributed by atoms with E-state index in [9.17, 15) is 4.79 Å². The fraction of sp³-hybridized carbons (Fsp3) is 0.308. The molecule has 0 aliphatic heterocycles. The molecule has 1 N–H and O–H groups in total. The minimum absolute atomic E-state index is 0.288. The lowest BCUT2D eigenvalue weighted by Gasteiger charge is -2.11. The zero-order valence-electron chi connectivity index (χ0n) is 9.12. The Balaban J connectivity index is 2.19. The molecular weight excluding hydrogens is 259 g/mol. The van der Waals surface area contributed by atoms with Crippen molar-refractivity contribution in [2.24, 2.45) is 5.41 Å². The van der Waals surface area contributed by atoms with Gasteiger partial charge in [-0.2, -0.15) is 0 Å². The summed E-state index contributed by atoms with van der Waals surface area (Å²) in [7, 11) is 0. The lowest BCUT2D eigenvalue weighted by molar-refractivity contribution is -0.141. The molecule has 0 atom stereocenters. The van der Waals surface area contributed by atoms with Crippen LogP contribution in [0.15, 0.2) is 40.4 Å². The van der Waals surface area contributed by atoms with Crippen LogP contribution in [0.2, 0.25) is 0 Å². The molecule has 1 aliphatic rings. The summed E-state index contributed by atoms with van der Waals surface area (Å²) in [6.45, 7) is 0. The van der Waals surface area contributed by atoms with Crippen molar-refractivity contribution in [1.29, 1.82) is 0 Å². The Kier molecular flexibility index (Phi) is 3.45. The molecule has 0 amide bonds. The van der Waals surface area contributed by atoms with Crippen molar-refractivity contribution in [3.8, 4) is 0 Å². The molecule has 90 valence electrons. The van der Waals surface area contributed by atoms with Gasteiger partial charge in [0.1, 0.15) is 5.41 Å². The number of aliphatic carboxylic acids is 1. The Hall–Kier alpha value is -0.990. The standard InChI is InChI=1S/C13H12Cl2O2/c14-10(8-9-4-2-1-3-5-9)11(15)13(6-7-13)12(16)17/h1-5H,6-8H2,(H,16,17). The molecule has 0 spiro atoms. The van der Waals surface area contributed by atoms with E-state index in [2.05, 4.69) is 0 Å². The van der Waals surface area contributed by atoms with Crippen LogP contribution in [-0.2, 0) is 11.2 Å². The Bertz CT molecular complexity index is 462. The van der Waals surface area contributed by atoms with Crippen molar-refractivity contribution in [2.75, 3.05) is 0 Å². The first kappa shape index (κ1) is 12.5. The summed E-state index contributed by atoms with van der Waals surface area (Å²) in [6.07, 6.45) is 1.63. The van der Waals surface area contributed by atoms with Gasteiger partial charge in [0.05, 0.1) is 5.03 Å². The Labute approximate surface area is 110 Å². The molecule has 0 aromatic heterocycles. The molecule has 1 saturated carbocycles. The predicted molar refractivity (Wildman–Crippen MR) is 68.2 cm³/mol. The molecule has 0 bridgehead atoms. The summed E-state index contributed by atoms with van der Waals surface area (Å²) >= 11 is 12.2. The highest BCUT2D eigenvalue weighted by Crippen LogP contribution is 2.55. The van der Waals surface area contributed by atoms with E-state index in [0.717, 1.165) is 5.56 Å². The highest BCUT2D eigenvalue weighted by molar-refractivity contribution is 6.40. The first-order valence-corrected chi connectivity index (χ1v) is 6.14. The molecule has 4 heteroatoms. The average Bonchev–Trinajstić information content (AvgIpc) is 3.10. The van der Waals surface area contributed by atoms with Crippen molar-refractivity contribution < 1.29 is 9.90 Å². The lowest BCUT2D eigenvalue weighted by atomic mass is 10.0. The summed E-state index contributed by atoms with van der Waals surface area (Å²) < 4.78 is 0. The summed E-state index contributed by atoms with van der Waals surface area (Å²) in [5.74, 6) is -0.881. The van der Waals surface area contributed by atoms with E-state index >= 15 is 0 Å². The topological polar surface area (TPSA) is 37.3 Å². The maximum atomic E-state index is 11.1. The van der Waals surface area contributed by atoms with Crippen molar-refractivity contribution >= 4 is 29.2 Å². The number of carboxylic acid groups (broad SMARTS) is 1. The molecule has 17 heavy (non-hydrogen) atoms. The molecule has 0 radical (unpaired) electrons. The van der Waals surface area contributed by atoms with E-state index < -0.39 is 11.4 Å². The Morgan fingerprint density at radius 2 is 1.82 bits per heavy atom. The number of carboxylic acids is 1. The first-order chi connectivity index (χ1) is 8.06. The molecule has 0 unspecified atom stereocenters. The fourth-order valence-electron chi connectivity index (χ4n) is 1.76. The number of rotatable bonds is 4. The SMILES string of the molecule is O=C(O)C1(C(Cl)=C(Cl)Cc2ccccc2)CC1. The van der Waals surface area contributed by atoms with Gasteiger partial charge in [-0.05, 0) is 18.4 Å². The van der Waals surface area contributed by atoms with E-state index in [4.69, 9.17) is 28.3 Å². The summed E-state index contributed by atoms with van der Waals surface area (Å²) in [5, 5.41) is 9.83. The number of allylic oxidation sites excluding steroid dienone is 1. The molecule has 0 saturated heterocycles. The van der Waals surface area contributed by atoms with E-state index in [1.807, 2.05) is 30.3 Å². The molecule has 2 rings (SSSR count). The van der Waals surface area contributed by atoms with Gasteiger partial charge in [0.25, 0.3) is 0 Å². The van der Waals surface area contributed by atoms with Crippen molar-refractivity contribution in [1.82, 2.24) is 0 Å². The third kappa shape index (κ3) is 2.48. The third-order valence-electron chi connectivity index (χ3n) is 3.02. The van der Waals surface area contributed by atoms with Gasteiger partial charge in [0.2, 0.25) is 0 Å². The minimum Gasteiger partial charge on any atom is -0.481 e. The number of halogens is 2.